The Balaban J connectivity index is 1.69. The zero-order valence-electron chi connectivity index (χ0n) is 10.5. The quantitative estimate of drug-likeness (QED) is 0.692. The fourth-order valence-electron chi connectivity index (χ4n) is 1.67. The summed E-state index contributed by atoms with van der Waals surface area (Å²) in [5.74, 6) is -0.472. The number of carbonyl (C=O) groups is 1. The highest BCUT2D eigenvalue weighted by molar-refractivity contribution is 7.09. The number of esters is 1. The Morgan fingerprint density at radius 1 is 1.20 bits per heavy atom. The van der Waals surface area contributed by atoms with E-state index in [2.05, 4.69) is 10.3 Å². The fraction of sp³-hybridized carbons (Fsp3) is 0.0714. The van der Waals surface area contributed by atoms with Crippen molar-refractivity contribution in [2.75, 3.05) is 0 Å². The second-order valence-electron chi connectivity index (χ2n) is 4.04. The largest absolute Gasteiger partial charge is 0.455 e. The number of aromatic nitrogens is 3. The zero-order chi connectivity index (χ0) is 13.8. The van der Waals surface area contributed by atoms with Crippen LogP contribution in [0.4, 0.5) is 0 Å². The van der Waals surface area contributed by atoms with Crippen LogP contribution in [0.1, 0.15) is 15.4 Å². The molecule has 0 atom stereocenters. The number of nitrogens with zero attached hydrogens (tertiary/aromatic N) is 3. The second kappa shape index (κ2) is 5.66. The van der Waals surface area contributed by atoms with Gasteiger partial charge in [-0.25, -0.2) is 9.48 Å². The lowest BCUT2D eigenvalue weighted by atomic mass is 10.3. The molecule has 3 aromatic rings. The number of hydrogen-bond acceptors (Lipinski definition) is 5. The second-order valence-corrected chi connectivity index (χ2v) is 5.07. The van der Waals surface area contributed by atoms with E-state index in [9.17, 15) is 4.79 Å². The van der Waals surface area contributed by atoms with Crippen LogP contribution in [0.25, 0.3) is 5.69 Å². The van der Waals surface area contributed by atoms with Gasteiger partial charge in [-0.2, -0.15) is 0 Å². The van der Waals surface area contributed by atoms with E-state index >= 15 is 0 Å². The molecule has 0 aliphatic carbocycles. The molecule has 6 heteroatoms. The molecule has 0 radical (unpaired) electrons. The van der Waals surface area contributed by atoms with Crippen molar-refractivity contribution < 1.29 is 9.53 Å². The van der Waals surface area contributed by atoms with Crippen molar-refractivity contribution in [2.24, 2.45) is 0 Å². The number of para-hydroxylation sites is 1. The first kappa shape index (κ1) is 12.6. The van der Waals surface area contributed by atoms with Gasteiger partial charge < -0.3 is 4.74 Å². The average Bonchev–Trinajstić information content (AvgIpc) is 3.17. The van der Waals surface area contributed by atoms with Gasteiger partial charge in [-0.1, -0.05) is 29.5 Å². The third-order valence-electron chi connectivity index (χ3n) is 2.65. The van der Waals surface area contributed by atoms with Crippen LogP contribution < -0.4 is 0 Å². The number of hydrogen-bond donors (Lipinski definition) is 0. The first-order valence-corrected chi connectivity index (χ1v) is 6.88. The molecule has 0 unspecified atom stereocenters. The van der Waals surface area contributed by atoms with Gasteiger partial charge in [-0.3, -0.25) is 0 Å². The van der Waals surface area contributed by atoms with Gasteiger partial charge in [0, 0.05) is 4.88 Å². The minimum Gasteiger partial charge on any atom is -0.455 e. The van der Waals surface area contributed by atoms with E-state index in [0.717, 1.165) is 10.6 Å². The maximum absolute atomic E-state index is 11.9. The summed E-state index contributed by atoms with van der Waals surface area (Å²) in [4.78, 5) is 12.8. The highest BCUT2D eigenvalue weighted by atomic mass is 32.1. The minimum atomic E-state index is -0.472. The Kier molecular flexibility index (Phi) is 3.56. The van der Waals surface area contributed by atoms with Gasteiger partial charge >= 0.3 is 5.97 Å². The topological polar surface area (TPSA) is 57.0 Å². The fourth-order valence-corrected chi connectivity index (χ4v) is 2.29. The highest BCUT2D eigenvalue weighted by Crippen LogP contribution is 2.11. The Morgan fingerprint density at radius 3 is 2.80 bits per heavy atom. The standard InChI is InChI=1S/C14H11N3O2S/c18-14(19-10-12-7-4-8-20-12)13-9-17(16-15-13)11-5-2-1-3-6-11/h1-9H,10H2. The van der Waals surface area contributed by atoms with Crippen molar-refractivity contribution in [3.8, 4) is 5.69 Å². The van der Waals surface area contributed by atoms with Gasteiger partial charge in [0.2, 0.25) is 0 Å². The number of thiophene rings is 1. The van der Waals surface area contributed by atoms with Crippen LogP contribution in [-0.2, 0) is 11.3 Å². The lowest BCUT2D eigenvalue weighted by molar-refractivity contribution is 0.0469. The summed E-state index contributed by atoms with van der Waals surface area (Å²) in [7, 11) is 0. The molecule has 0 bridgehead atoms. The van der Waals surface area contributed by atoms with Gasteiger partial charge in [0.1, 0.15) is 6.61 Å². The molecule has 20 heavy (non-hydrogen) atoms. The van der Waals surface area contributed by atoms with Crippen LogP contribution in [0.3, 0.4) is 0 Å². The molecule has 0 aliphatic heterocycles. The number of benzene rings is 1. The van der Waals surface area contributed by atoms with Crippen molar-refractivity contribution in [2.45, 2.75) is 6.61 Å². The summed E-state index contributed by atoms with van der Waals surface area (Å²) in [6, 6.07) is 13.3. The predicted molar refractivity (Wildman–Crippen MR) is 74.8 cm³/mol. The van der Waals surface area contributed by atoms with Gasteiger partial charge in [0.15, 0.2) is 5.69 Å². The van der Waals surface area contributed by atoms with Crippen LogP contribution in [0.5, 0.6) is 0 Å². The van der Waals surface area contributed by atoms with E-state index in [1.54, 1.807) is 22.2 Å². The molecule has 0 fully saturated rings. The summed E-state index contributed by atoms with van der Waals surface area (Å²) >= 11 is 1.54. The molecule has 0 saturated carbocycles. The molecule has 1 aromatic carbocycles. The molecule has 0 N–H and O–H groups in total. The summed E-state index contributed by atoms with van der Waals surface area (Å²) in [6.45, 7) is 0.259. The van der Waals surface area contributed by atoms with Gasteiger partial charge in [0.25, 0.3) is 0 Å². The van der Waals surface area contributed by atoms with Crippen molar-refractivity contribution in [1.29, 1.82) is 0 Å². The molecular weight excluding hydrogens is 274 g/mol. The third kappa shape index (κ3) is 2.75. The van der Waals surface area contributed by atoms with E-state index < -0.39 is 5.97 Å². The van der Waals surface area contributed by atoms with Gasteiger partial charge in [-0.15, -0.1) is 16.4 Å². The molecule has 5 nitrogen and oxygen atoms in total. The first-order valence-electron chi connectivity index (χ1n) is 6.00. The molecule has 3 rings (SSSR count). The Hall–Kier alpha value is -2.47. The molecule has 2 heterocycles. The summed E-state index contributed by atoms with van der Waals surface area (Å²) in [5, 5.41) is 9.69. The van der Waals surface area contributed by atoms with Crippen molar-refractivity contribution in [1.82, 2.24) is 15.0 Å². The van der Waals surface area contributed by atoms with Crippen molar-refractivity contribution in [3.05, 3.63) is 64.6 Å². The maximum Gasteiger partial charge on any atom is 0.360 e. The van der Waals surface area contributed by atoms with E-state index in [0.29, 0.717) is 0 Å². The van der Waals surface area contributed by atoms with E-state index in [1.807, 2.05) is 47.8 Å². The molecule has 100 valence electrons. The van der Waals surface area contributed by atoms with Gasteiger partial charge in [-0.05, 0) is 23.6 Å². The van der Waals surface area contributed by atoms with Crippen LogP contribution in [-0.4, -0.2) is 21.0 Å². The summed E-state index contributed by atoms with van der Waals surface area (Å²) < 4.78 is 6.72. The highest BCUT2D eigenvalue weighted by Gasteiger charge is 2.13. The van der Waals surface area contributed by atoms with Crippen LogP contribution in [0, 0.1) is 0 Å². The lowest BCUT2D eigenvalue weighted by Crippen LogP contribution is -2.05. The lowest BCUT2D eigenvalue weighted by Gasteiger charge is -1.99. The molecule has 0 amide bonds. The predicted octanol–water partition coefficient (Wildman–Crippen LogP) is 2.69. The SMILES string of the molecule is O=C(OCc1cccs1)c1cn(-c2ccccc2)nn1. The average molecular weight is 285 g/mol. The molecule has 2 aromatic heterocycles. The number of rotatable bonds is 4. The summed E-state index contributed by atoms with van der Waals surface area (Å²) in [6.07, 6.45) is 1.56. The smallest absolute Gasteiger partial charge is 0.360 e. The number of carbonyl (C=O) groups excluding carboxylic acids is 1. The Bertz CT molecular complexity index is 692. The monoisotopic (exact) mass is 285 g/mol. The first-order chi connectivity index (χ1) is 9.83. The van der Waals surface area contributed by atoms with E-state index in [4.69, 9.17) is 4.74 Å². The minimum absolute atomic E-state index is 0.199. The molecule has 0 aliphatic rings. The van der Waals surface area contributed by atoms with Crippen LogP contribution in [0.15, 0.2) is 54.0 Å². The molecular formula is C14H11N3O2S. The Labute approximate surface area is 119 Å². The Morgan fingerprint density at radius 2 is 2.05 bits per heavy atom. The zero-order valence-corrected chi connectivity index (χ0v) is 11.3. The molecule has 0 saturated heterocycles. The third-order valence-corrected chi connectivity index (χ3v) is 3.50. The normalized spacial score (nSPS) is 10.4. The van der Waals surface area contributed by atoms with Crippen molar-refractivity contribution >= 4 is 17.3 Å². The van der Waals surface area contributed by atoms with Crippen LogP contribution in [0.2, 0.25) is 0 Å². The summed E-state index contributed by atoms with van der Waals surface area (Å²) in [5.41, 5.74) is 1.04. The molecule has 0 spiro atoms. The van der Waals surface area contributed by atoms with Crippen LogP contribution >= 0.6 is 11.3 Å². The van der Waals surface area contributed by atoms with Crippen molar-refractivity contribution in [3.63, 3.8) is 0 Å². The maximum atomic E-state index is 11.9. The van der Waals surface area contributed by atoms with E-state index in [-0.39, 0.29) is 12.3 Å². The van der Waals surface area contributed by atoms with E-state index in [1.165, 1.54) is 0 Å². The van der Waals surface area contributed by atoms with Gasteiger partial charge in [0.05, 0.1) is 11.9 Å². The number of ether oxygens (including phenoxy) is 1.